The number of anilines is 1. The van der Waals surface area contributed by atoms with Gasteiger partial charge in [0, 0.05) is 22.2 Å². The summed E-state index contributed by atoms with van der Waals surface area (Å²) < 4.78 is 0. The first-order chi connectivity index (χ1) is 8.52. The van der Waals surface area contributed by atoms with Gasteiger partial charge in [-0.2, -0.15) is 0 Å². The minimum Gasteiger partial charge on any atom is -0.398 e. The lowest BCUT2D eigenvalue weighted by molar-refractivity contribution is -0.117. The molecule has 0 fully saturated rings. The number of imide groups is 1. The number of hydrogen-bond acceptors (Lipinski definition) is 4. The van der Waals surface area contributed by atoms with E-state index >= 15 is 0 Å². The van der Waals surface area contributed by atoms with Gasteiger partial charge in [-0.15, -0.1) is 11.8 Å². The lowest BCUT2D eigenvalue weighted by Gasteiger charge is -2.06. The van der Waals surface area contributed by atoms with Gasteiger partial charge in [0.05, 0.1) is 5.75 Å². The SMILES string of the molecule is CCNC(=O)NC(=O)CSc1ccc(Cl)cc1N. The average molecular weight is 288 g/mol. The molecule has 1 aromatic rings. The third-order valence-corrected chi connectivity index (χ3v) is 3.25. The molecule has 0 aliphatic heterocycles. The van der Waals surface area contributed by atoms with Gasteiger partial charge in [-0.3, -0.25) is 10.1 Å². The van der Waals surface area contributed by atoms with Crippen molar-refractivity contribution in [1.82, 2.24) is 10.6 Å². The Hall–Kier alpha value is -1.40. The van der Waals surface area contributed by atoms with Gasteiger partial charge in [0.2, 0.25) is 5.91 Å². The van der Waals surface area contributed by atoms with E-state index in [-0.39, 0.29) is 11.7 Å². The van der Waals surface area contributed by atoms with Gasteiger partial charge >= 0.3 is 6.03 Å². The number of thioether (sulfide) groups is 1. The van der Waals surface area contributed by atoms with Gasteiger partial charge in [-0.1, -0.05) is 11.6 Å². The fraction of sp³-hybridized carbons (Fsp3) is 0.273. The highest BCUT2D eigenvalue weighted by molar-refractivity contribution is 8.00. The highest BCUT2D eigenvalue weighted by atomic mass is 35.5. The van der Waals surface area contributed by atoms with Crippen LogP contribution in [-0.2, 0) is 4.79 Å². The highest BCUT2D eigenvalue weighted by Crippen LogP contribution is 2.27. The number of halogens is 1. The van der Waals surface area contributed by atoms with E-state index in [0.717, 1.165) is 4.90 Å². The molecule has 0 aliphatic carbocycles. The summed E-state index contributed by atoms with van der Waals surface area (Å²) >= 11 is 7.01. The third kappa shape index (κ3) is 4.85. The van der Waals surface area contributed by atoms with Crippen LogP contribution in [0.4, 0.5) is 10.5 Å². The van der Waals surface area contributed by atoms with Crippen LogP contribution in [0.5, 0.6) is 0 Å². The number of nitrogens with two attached hydrogens (primary N) is 1. The van der Waals surface area contributed by atoms with E-state index in [0.29, 0.717) is 17.3 Å². The first kappa shape index (κ1) is 14.7. The molecular weight excluding hydrogens is 274 g/mol. The van der Waals surface area contributed by atoms with Crippen molar-refractivity contribution in [3.05, 3.63) is 23.2 Å². The molecule has 0 radical (unpaired) electrons. The number of urea groups is 1. The Morgan fingerprint density at radius 3 is 2.78 bits per heavy atom. The summed E-state index contributed by atoms with van der Waals surface area (Å²) in [4.78, 5) is 23.3. The van der Waals surface area contributed by atoms with Gasteiger partial charge in [-0.05, 0) is 25.1 Å². The average Bonchev–Trinajstić information content (AvgIpc) is 2.28. The summed E-state index contributed by atoms with van der Waals surface area (Å²) in [5.74, 6) is -0.261. The molecule has 18 heavy (non-hydrogen) atoms. The lowest BCUT2D eigenvalue weighted by atomic mass is 10.3. The van der Waals surface area contributed by atoms with Crippen LogP contribution in [0.3, 0.4) is 0 Å². The maximum absolute atomic E-state index is 11.4. The highest BCUT2D eigenvalue weighted by Gasteiger charge is 2.08. The fourth-order valence-corrected chi connectivity index (χ4v) is 2.09. The Kier molecular flexibility index (Phi) is 5.80. The topological polar surface area (TPSA) is 84.2 Å². The molecule has 0 saturated carbocycles. The third-order valence-electron chi connectivity index (χ3n) is 1.92. The van der Waals surface area contributed by atoms with Crippen molar-refractivity contribution >= 4 is 41.0 Å². The Bertz CT molecular complexity index is 454. The molecule has 0 spiro atoms. The summed E-state index contributed by atoms with van der Waals surface area (Å²) in [5, 5.41) is 5.22. The normalized spacial score (nSPS) is 9.89. The molecule has 98 valence electrons. The quantitative estimate of drug-likeness (QED) is 0.583. The van der Waals surface area contributed by atoms with Crippen LogP contribution in [0.2, 0.25) is 5.02 Å². The van der Waals surface area contributed by atoms with Crippen LogP contribution in [-0.4, -0.2) is 24.2 Å². The molecule has 5 nitrogen and oxygen atoms in total. The van der Waals surface area contributed by atoms with E-state index in [1.807, 2.05) is 0 Å². The second-order valence-electron chi connectivity index (χ2n) is 3.38. The number of hydrogen-bond donors (Lipinski definition) is 3. The van der Waals surface area contributed by atoms with Crippen LogP contribution in [0, 0.1) is 0 Å². The smallest absolute Gasteiger partial charge is 0.321 e. The van der Waals surface area contributed by atoms with E-state index < -0.39 is 6.03 Å². The second kappa shape index (κ2) is 7.13. The Balaban J connectivity index is 2.45. The number of nitrogens with one attached hydrogen (secondary N) is 2. The summed E-state index contributed by atoms with van der Waals surface area (Å²) in [6.45, 7) is 2.24. The minimum atomic E-state index is -0.493. The van der Waals surface area contributed by atoms with Crippen molar-refractivity contribution in [3.8, 4) is 0 Å². The van der Waals surface area contributed by atoms with E-state index in [1.165, 1.54) is 11.8 Å². The largest absolute Gasteiger partial charge is 0.398 e. The number of nitrogen functional groups attached to an aromatic ring is 1. The van der Waals surface area contributed by atoms with Gasteiger partial charge in [-0.25, -0.2) is 4.79 Å². The Morgan fingerprint density at radius 2 is 2.17 bits per heavy atom. The number of carbonyl (C=O) groups excluding carboxylic acids is 2. The van der Waals surface area contributed by atoms with E-state index in [2.05, 4.69) is 10.6 Å². The summed E-state index contributed by atoms with van der Waals surface area (Å²) in [5.41, 5.74) is 6.25. The molecule has 0 saturated heterocycles. The zero-order valence-electron chi connectivity index (χ0n) is 9.83. The molecule has 0 bridgehead atoms. The molecule has 0 aliphatic rings. The van der Waals surface area contributed by atoms with Crippen molar-refractivity contribution < 1.29 is 9.59 Å². The number of rotatable bonds is 4. The Morgan fingerprint density at radius 1 is 1.44 bits per heavy atom. The van der Waals surface area contributed by atoms with Crippen molar-refractivity contribution in [3.63, 3.8) is 0 Å². The molecule has 0 heterocycles. The van der Waals surface area contributed by atoms with E-state index in [9.17, 15) is 9.59 Å². The van der Waals surface area contributed by atoms with Crippen LogP contribution in [0.25, 0.3) is 0 Å². The van der Waals surface area contributed by atoms with E-state index in [4.69, 9.17) is 17.3 Å². The standard InChI is InChI=1S/C11H14ClN3O2S/c1-2-14-11(17)15-10(16)6-18-9-4-3-7(12)5-8(9)13/h3-5H,2,6,13H2,1H3,(H2,14,15,16,17). The predicted molar refractivity (Wildman–Crippen MR) is 73.8 cm³/mol. The maximum Gasteiger partial charge on any atom is 0.321 e. The number of amides is 3. The molecule has 7 heteroatoms. The van der Waals surface area contributed by atoms with Gasteiger partial charge < -0.3 is 11.1 Å². The molecule has 4 N–H and O–H groups in total. The van der Waals surface area contributed by atoms with E-state index in [1.54, 1.807) is 25.1 Å². The Labute approximate surface area is 114 Å². The molecule has 1 rings (SSSR count). The first-order valence-electron chi connectivity index (χ1n) is 5.28. The van der Waals surface area contributed by atoms with Crippen molar-refractivity contribution in [2.45, 2.75) is 11.8 Å². The van der Waals surface area contributed by atoms with Crippen molar-refractivity contribution in [1.29, 1.82) is 0 Å². The molecule has 0 unspecified atom stereocenters. The first-order valence-corrected chi connectivity index (χ1v) is 6.64. The lowest BCUT2D eigenvalue weighted by Crippen LogP contribution is -2.40. The maximum atomic E-state index is 11.4. The fourth-order valence-electron chi connectivity index (χ4n) is 1.16. The molecule has 0 aromatic heterocycles. The second-order valence-corrected chi connectivity index (χ2v) is 4.83. The van der Waals surface area contributed by atoms with Gasteiger partial charge in [0.1, 0.15) is 0 Å². The number of carbonyl (C=O) groups is 2. The zero-order chi connectivity index (χ0) is 13.5. The molecular formula is C11H14ClN3O2S. The van der Waals surface area contributed by atoms with Crippen LogP contribution < -0.4 is 16.4 Å². The summed E-state index contributed by atoms with van der Waals surface area (Å²) in [7, 11) is 0. The summed E-state index contributed by atoms with van der Waals surface area (Å²) in [6.07, 6.45) is 0. The van der Waals surface area contributed by atoms with Crippen LogP contribution in [0.1, 0.15) is 6.92 Å². The van der Waals surface area contributed by atoms with Crippen LogP contribution >= 0.6 is 23.4 Å². The molecule has 0 atom stereocenters. The molecule has 3 amide bonds. The minimum absolute atomic E-state index is 0.114. The predicted octanol–water partition coefficient (Wildman–Crippen LogP) is 1.86. The monoisotopic (exact) mass is 287 g/mol. The number of benzene rings is 1. The van der Waals surface area contributed by atoms with Crippen LogP contribution in [0.15, 0.2) is 23.1 Å². The van der Waals surface area contributed by atoms with Crippen molar-refractivity contribution in [2.24, 2.45) is 0 Å². The summed E-state index contributed by atoms with van der Waals surface area (Å²) in [6, 6.07) is 4.56. The van der Waals surface area contributed by atoms with Gasteiger partial charge in [0.15, 0.2) is 0 Å². The van der Waals surface area contributed by atoms with Gasteiger partial charge in [0.25, 0.3) is 0 Å². The zero-order valence-corrected chi connectivity index (χ0v) is 11.4. The molecule has 1 aromatic carbocycles. The van der Waals surface area contributed by atoms with Crippen molar-refractivity contribution in [2.75, 3.05) is 18.0 Å².